The topological polar surface area (TPSA) is 0 Å². The molecule has 0 radical (unpaired) electrons. The summed E-state index contributed by atoms with van der Waals surface area (Å²) in [5.41, 5.74) is 2.24. The first-order valence-corrected chi connectivity index (χ1v) is 5.37. The fraction of sp³-hybridized carbons (Fsp3) is 0.385. The van der Waals surface area contributed by atoms with Crippen molar-refractivity contribution in [1.29, 1.82) is 0 Å². The maximum Gasteiger partial charge on any atom is 0.0418 e. The van der Waals surface area contributed by atoms with Crippen molar-refractivity contribution in [2.75, 3.05) is 0 Å². The molecule has 0 aliphatic heterocycles. The number of unbranched alkanes of at least 4 members (excludes halogenated alkanes) is 2. The molecule has 0 saturated carbocycles. The van der Waals surface area contributed by atoms with Crippen molar-refractivity contribution >= 4 is 11.6 Å². The van der Waals surface area contributed by atoms with Crippen LogP contribution in [0.15, 0.2) is 18.2 Å². The average molecular weight is 207 g/mol. The zero-order chi connectivity index (χ0) is 10.4. The lowest BCUT2D eigenvalue weighted by Crippen LogP contribution is -1.81. The van der Waals surface area contributed by atoms with E-state index in [0.29, 0.717) is 0 Å². The Kier molecular flexibility index (Phi) is 4.56. The molecule has 0 spiro atoms. The molecule has 0 unspecified atom stereocenters. The van der Waals surface area contributed by atoms with E-state index in [-0.39, 0.29) is 0 Å². The molecule has 1 aromatic carbocycles. The SMILES string of the molecule is CCCCC#Cc1cc(Cl)ccc1C. The molecule has 0 aliphatic rings. The van der Waals surface area contributed by atoms with E-state index in [0.717, 1.165) is 17.0 Å². The van der Waals surface area contributed by atoms with E-state index in [9.17, 15) is 0 Å². The summed E-state index contributed by atoms with van der Waals surface area (Å²) >= 11 is 5.89. The molecule has 0 N–H and O–H groups in total. The third kappa shape index (κ3) is 3.44. The first kappa shape index (κ1) is 11.1. The third-order valence-electron chi connectivity index (χ3n) is 2.08. The van der Waals surface area contributed by atoms with E-state index in [4.69, 9.17) is 11.6 Å². The lowest BCUT2D eigenvalue weighted by Gasteiger charge is -1.97. The van der Waals surface area contributed by atoms with Crippen molar-refractivity contribution in [1.82, 2.24) is 0 Å². The average Bonchev–Trinajstić information content (AvgIpc) is 2.18. The molecule has 74 valence electrons. The van der Waals surface area contributed by atoms with E-state index >= 15 is 0 Å². The number of benzene rings is 1. The number of halogens is 1. The maximum absolute atomic E-state index is 5.89. The Morgan fingerprint density at radius 1 is 1.36 bits per heavy atom. The minimum Gasteiger partial charge on any atom is -0.0979 e. The quantitative estimate of drug-likeness (QED) is 0.503. The highest BCUT2D eigenvalue weighted by molar-refractivity contribution is 6.30. The van der Waals surface area contributed by atoms with Gasteiger partial charge in [0.15, 0.2) is 0 Å². The number of aryl methyl sites for hydroxylation is 1. The summed E-state index contributed by atoms with van der Waals surface area (Å²) in [6.07, 6.45) is 3.35. The Morgan fingerprint density at radius 2 is 2.14 bits per heavy atom. The fourth-order valence-electron chi connectivity index (χ4n) is 1.15. The maximum atomic E-state index is 5.89. The molecule has 1 heteroatoms. The van der Waals surface area contributed by atoms with Gasteiger partial charge in [-0.25, -0.2) is 0 Å². The van der Waals surface area contributed by atoms with Crippen molar-refractivity contribution in [3.63, 3.8) is 0 Å². The lowest BCUT2D eigenvalue weighted by molar-refractivity contribution is 0.828. The first-order valence-electron chi connectivity index (χ1n) is 4.99. The molecule has 0 aromatic heterocycles. The van der Waals surface area contributed by atoms with Crippen LogP contribution < -0.4 is 0 Å². The van der Waals surface area contributed by atoms with Crippen molar-refractivity contribution in [3.05, 3.63) is 34.3 Å². The van der Waals surface area contributed by atoms with Crippen LogP contribution in [-0.2, 0) is 0 Å². The monoisotopic (exact) mass is 206 g/mol. The van der Waals surface area contributed by atoms with Crippen LogP contribution in [0.1, 0.15) is 37.3 Å². The first-order chi connectivity index (χ1) is 6.74. The Balaban J connectivity index is 2.73. The molecule has 0 aliphatic carbocycles. The van der Waals surface area contributed by atoms with Gasteiger partial charge >= 0.3 is 0 Å². The number of rotatable bonds is 2. The second kappa shape index (κ2) is 5.73. The van der Waals surface area contributed by atoms with Gasteiger partial charge in [-0.2, -0.15) is 0 Å². The van der Waals surface area contributed by atoms with Crippen molar-refractivity contribution in [2.45, 2.75) is 33.1 Å². The molecule has 1 rings (SSSR count). The van der Waals surface area contributed by atoms with Gasteiger partial charge in [0.25, 0.3) is 0 Å². The van der Waals surface area contributed by atoms with Crippen molar-refractivity contribution < 1.29 is 0 Å². The van der Waals surface area contributed by atoms with Crippen molar-refractivity contribution in [2.24, 2.45) is 0 Å². The van der Waals surface area contributed by atoms with Crippen LogP contribution >= 0.6 is 11.6 Å². The molecule has 0 saturated heterocycles. The van der Waals surface area contributed by atoms with E-state index < -0.39 is 0 Å². The summed E-state index contributed by atoms with van der Waals surface area (Å²) in [5.74, 6) is 6.32. The molecule has 0 fully saturated rings. The summed E-state index contributed by atoms with van der Waals surface area (Å²) in [5, 5.41) is 0.760. The molecular formula is C13H15Cl. The van der Waals surface area contributed by atoms with Crippen LogP contribution in [0.3, 0.4) is 0 Å². The third-order valence-corrected chi connectivity index (χ3v) is 2.31. The highest BCUT2D eigenvalue weighted by atomic mass is 35.5. The second-order valence-corrected chi connectivity index (χ2v) is 3.80. The summed E-state index contributed by atoms with van der Waals surface area (Å²) in [7, 11) is 0. The Morgan fingerprint density at radius 3 is 2.86 bits per heavy atom. The molecule has 1 aromatic rings. The molecule has 0 atom stereocenters. The number of hydrogen-bond acceptors (Lipinski definition) is 0. The van der Waals surface area contributed by atoms with E-state index in [1.54, 1.807) is 0 Å². The van der Waals surface area contributed by atoms with E-state index in [2.05, 4.69) is 25.7 Å². The van der Waals surface area contributed by atoms with Crippen LogP contribution in [-0.4, -0.2) is 0 Å². The van der Waals surface area contributed by atoms with Crippen molar-refractivity contribution in [3.8, 4) is 11.8 Å². The van der Waals surface area contributed by atoms with E-state index in [1.165, 1.54) is 18.4 Å². The second-order valence-electron chi connectivity index (χ2n) is 3.36. The van der Waals surface area contributed by atoms with Gasteiger partial charge in [0, 0.05) is 17.0 Å². The standard InChI is InChI=1S/C13H15Cl/c1-3-4-5-6-7-12-10-13(14)9-8-11(12)2/h8-10H,3-5H2,1-2H3. The lowest BCUT2D eigenvalue weighted by atomic mass is 10.1. The normalized spacial score (nSPS) is 9.36. The van der Waals surface area contributed by atoms with E-state index in [1.807, 2.05) is 18.2 Å². The van der Waals surface area contributed by atoms with Crippen LogP contribution in [0.5, 0.6) is 0 Å². The molecule has 0 heterocycles. The van der Waals surface area contributed by atoms with Gasteiger partial charge in [-0.1, -0.05) is 42.9 Å². The zero-order valence-corrected chi connectivity index (χ0v) is 9.49. The van der Waals surface area contributed by atoms with Gasteiger partial charge in [0.1, 0.15) is 0 Å². The van der Waals surface area contributed by atoms with Gasteiger partial charge in [-0.05, 0) is 31.0 Å². The minimum atomic E-state index is 0.760. The Labute approximate surface area is 91.3 Å². The summed E-state index contributed by atoms with van der Waals surface area (Å²) in [6.45, 7) is 4.23. The largest absolute Gasteiger partial charge is 0.0979 e. The van der Waals surface area contributed by atoms with Crippen LogP contribution in [0.4, 0.5) is 0 Å². The molecule has 0 bridgehead atoms. The Bertz CT molecular complexity index is 355. The molecular weight excluding hydrogens is 192 g/mol. The van der Waals surface area contributed by atoms with Gasteiger partial charge < -0.3 is 0 Å². The van der Waals surface area contributed by atoms with Gasteiger partial charge in [-0.15, -0.1) is 0 Å². The molecule has 0 nitrogen and oxygen atoms in total. The van der Waals surface area contributed by atoms with Gasteiger partial charge in [0.05, 0.1) is 0 Å². The van der Waals surface area contributed by atoms with Gasteiger partial charge in [-0.3, -0.25) is 0 Å². The molecule has 14 heavy (non-hydrogen) atoms. The van der Waals surface area contributed by atoms with Gasteiger partial charge in [0.2, 0.25) is 0 Å². The molecule has 0 amide bonds. The fourth-order valence-corrected chi connectivity index (χ4v) is 1.32. The number of hydrogen-bond donors (Lipinski definition) is 0. The summed E-state index contributed by atoms with van der Waals surface area (Å²) < 4.78 is 0. The zero-order valence-electron chi connectivity index (χ0n) is 8.73. The highest BCUT2D eigenvalue weighted by Gasteiger charge is 1.94. The van der Waals surface area contributed by atoms with Crippen LogP contribution in [0.25, 0.3) is 0 Å². The van der Waals surface area contributed by atoms with Crippen LogP contribution in [0.2, 0.25) is 5.02 Å². The summed E-state index contributed by atoms with van der Waals surface area (Å²) in [4.78, 5) is 0. The highest BCUT2D eigenvalue weighted by Crippen LogP contribution is 2.14. The smallest absolute Gasteiger partial charge is 0.0418 e. The summed E-state index contributed by atoms with van der Waals surface area (Å²) in [6, 6.07) is 5.83. The predicted molar refractivity (Wildman–Crippen MR) is 62.6 cm³/mol. The Hall–Kier alpha value is -0.930. The van der Waals surface area contributed by atoms with Crippen LogP contribution in [0, 0.1) is 18.8 Å². The predicted octanol–water partition coefficient (Wildman–Crippen LogP) is 4.19. The minimum absolute atomic E-state index is 0.760.